The Kier molecular flexibility index (Phi) is 6.75. The molecule has 4 heteroatoms. The number of hydrogen-bond donors (Lipinski definition) is 1. The van der Waals surface area contributed by atoms with Gasteiger partial charge in [0.15, 0.2) is 0 Å². The van der Waals surface area contributed by atoms with Crippen LogP contribution in [0.1, 0.15) is 45.4 Å². The molecule has 0 amide bonds. The van der Waals surface area contributed by atoms with Gasteiger partial charge in [0.25, 0.3) is 0 Å². The number of methoxy groups -OCH3 is 1. The Labute approximate surface area is 124 Å². The van der Waals surface area contributed by atoms with Crippen molar-refractivity contribution in [2.75, 3.05) is 46.6 Å². The van der Waals surface area contributed by atoms with Crippen LogP contribution in [0.2, 0.25) is 0 Å². The number of piperazine rings is 1. The van der Waals surface area contributed by atoms with E-state index in [9.17, 15) is 0 Å². The fraction of sp³-hybridized carbons (Fsp3) is 1.00. The van der Waals surface area contributed by atoms with Gasteiger partial charge in [-0.25, -0.2) is 0 Å². The quantitative estimate of drug-likeness (QED) is 0.692. The average Bonchev–Trinajstić information content (AvgIpc) is 2.94. The molecule has 1 N–H and O–H groups in total. The molecule has 1 heterocycles. The Hall–Kier alpha value is -0.160. The molecule has 0 aromatic carbocycles. The predicted molar refractivity (Wildman–Crippen MR) is 82.2 cm³/mol. The van der Waals surface area contributed by atoms with Gasteiger partial charge in [0.05, 0.1) is 13.2 Å². The Morgan fingerprint density at radius 2 is 2.00 bits per heavy atom. The maximum atomic E-state index is 5.60. The lowest BCUT2D eigenvalue weighted by Gasteiger charge is -2.48. The molecule has 0 aromatic rings. The number of hydrogen-bond acceptors (Lipinski definition) is 4. The summed E-state index contributed by atoms with van der Waals surface area (Å²) < 4.78 is 10.6. The summed E-state index contributed by atoms with van der Waals surface area (Å²) in [6.07, 6.45) is 7.93. The second-order valence-electron chi connectivity index (χ2n) is 6.32. The standard InChI is InChI=1S/C16H32N2O2/c1-3-15-13-18(9-6-10-20-12-11-19-2)16(14-17-15)7-4-5-8-16/h15,17H,3-14H2,1-2H3. The zero-order valence-electron chi connectivity index (χ0n) is 13.3. The van der Waals surface area contributed by atoms with E-state index in [1.807, 2.05) is 0 Å². The molecule has 1 saturated carbocycles. The van der Waals surface area contributed by atoms with Crippen molar-refractivity contribution in [3.05, 3.63) is 0 Å². The first kappa shape index (κ1) is 16.2. The van der Waals surface area contributed by atoms with Crippen molar-refractivity contribution in [1.29, 1.82) is 0 Å². The SMILES string of the molecule is CCC1CN(CCCOCCOC)C2(CCCC2)CN1. The van der Waals surface area contributed by atoms with Crippen molar-refractivity contribution >= 4 is 0 Å². The minimum absolute atomic E-state index is 0.457. The van der Waals surface area contributed by atoms with E-state index in [2.05, 4.69) is 17.1 Å². The highest BCUT2D eigenvalue weighted by Gasteiger charge is 2.42. The average molecular weight is 284 g/mol. The van der Waals surface area contributed by atoms with Gasteiger partial charge >= 0.3 is 0 Å². The maximum absolute atomic E-state index is 5.60. The molecule has 1 saturated heterocycles. The molecule has 20 heavy (non-hydrogen) atoms. The molecular weight excluding hydrogens is 252 g/mol. The highest BCUT2D eigenvalue weighted by molar-refractivity contribution is 5.01. The molecule has 1 unspecified atom stereocenters. The van der Waals surface area contributed by atoms with Gasteiger partial charge < -0.3 is 14.8 Å². The predicted octanol–water partition coefficient (Wildman–Crippen LogP) is 2.04. The van der Waals surface area contributed by atoms with Gasteiger partial charge in [-0.2, -0.15) is 0 Å². The van der Waals surface area contributed by atoms with Crippen molar-refractivity contribution in [1.82, 2.24) is 10.2 Å². The zero-order chi connectivity index (χ0) is 14.3. The summed E-state index contributed by atoms with van der Waals surface area (Å²) in [6, 6.07) is 0.677. The molecule has 0 radical (unpaired) electrons. The van der Waals surface area contributed by atoms with Crippen molar-refractivity contribution in [2.45, 2.75) is 57.0 Å². The first-order valence-electron chi connectivity index (χ1n) is 8.36. The molecule has 1 aliphatic heterocycles. The van der Waals surface area contributed by atoms with E-state index in [0.29, 0.717) is 18.2 Å². The molecule has 118 valence electrons. The minimum atomic E-state index is 0.457. The summed E-state index contributed by atoms with van der Waals surface area (Å²) in [5, 5.41) is 3.76. The third-order valence-electron chi connectivity index (χ3n) is 5.01. The van der Waals surface area contributed by atoms with E-state index >= 15 is 0 Å². The Morgan fingerprint density at radius 1 is 1.20 bits per heavy atom. The molecule has 1 spiro atoms. The number of ether oxygens (including phenoxy) is 2. The highest BCUT2D eigenvalue weighted by atomic mass is 16.5. The Bertz CT molecular complexity index is 267. The van der Waals surface area contributed by atoms with Crippen molar-refractivity contribution in [3.8, 4) is 0 Å². The molecule has 2 aliphatic rings. The lowest BCUT2D eigenvalue weighted by Crippen LogP contribution is -2.63. The third kappa shape index (κ3) is 4.17. The van der Waals surface area contributed by atoms with Gasteiger partial charge in [0.1, 0.15) is 0 Å². The van der Waals surface area contributed by atoms with Crippen LogP contribution < -0.4 is 5.32 Å². The molecule has 2 fully saturated rings. The summed E-state index contributed by atoms with van der Waals surface area (Å²) in [6.45, 7) is 8.17. The summed E-state index contributed by atoms with van der Waals surface area (Å²) in [5.41, 5.74) is 0.457. The lowest BCUT2D eigenvalue weighted by molar-refractivity contribution is 0.0247. The maximum Gasteiger partial charge on any atom is 0.0700 e. The first-order chi connectivity index (χ1) is 9.80. The van der Waals surface area contributed by atoms with E-state index in [0.717, 1.165) is 19.6 Å². The minimum Gasteiger partial charge on any atom is -0.382 e. The van der Waals surface area contributed by atoms with Crippen LogP contribution in [-0.2, 0) is 9.47 Å². The summed E-state index contributed by atoms with van der Waals surface area (Å²) in [5.74, 6) is 0. The van der Waals surface area contributed by atoms with Gasteiger partial charge in [-0.05, 0) is 25.7 Å². The van der Waals surface area contributed by atoms with E-state index in [4.69, 9.17) is 9.47 Å². The van der Waals surface area contributed by atoms with Crippen LogP contribution in [0.15, 0.2) is 0 Å². The second kappa shape index (κ2) is 8.32. The summed E-state index contributed by atoms with van der Waals surface area (Å²) >= 11 is 0. The van der Waals surface area contributed by atoms with Gasteiger partial charge in [0, 0.05) is 44.9 Å². The zero-order valence-corrected chi connectivity index (χ0v) is 13.3. The molecular formula is C16H32N2O2. The third-order valence-corrected chi connectivity index (χ3v) is 5.01. The topological polar surface area (TPSA) is 33.7 Å². The Morgan fingerprint density at radius 3 is 2.70 bits per heavy atom. The second-order valence-corrected chi connectivity index (χ2v) is 6.32. The van der Waals surface area contributed by atoms with Crippen LogP contribution in [0.25, 0.3) is 0 Å². The van der Waals surface area contributed by atoms with Crippen LogP contribution in [-0.4, -0.2) is 63.0 Å². The van der Waals surface area contributed by atoms with Crippen LogP contribution in [0.4, 0.5) is 0 Å². The van der Waals surface area contributed by atoms with Crippen LogP contribution in [0, 0.1) is 0 Å². The van der Waals surface area contributed by atoms with Crippen LogP contribution >= 0.6 is 0 Å². The first-order valence-corrected chi connectivity index (χ1v) is 8.36. The van der Waals surface area contributed by atoms with Gasteiger partial charge in [-0.15, -0.1) is 0 Å². The van der Waals surface area contributed by atoms with E-state index in [1.165, 1.54) is 51.7 Å². The van der Waals surface area contributed by atoms with Gasteiger partial charge in [-0.3, -0.25) is 4.90 Å². The van der Waals surface area contributed by atoms with Crippen LogP contribution in [0.5, 0.6) is 0 Å². The van der Waals surface area contributed by atoms with Crippen molar-refractivity contribution < 1.29 is 9.47 Å². The smallest absolute Gasteiger partial charge is 0.0700 e. The molecule has 4 nitrogen and oxygen atoms in total. The lowest BCUT2D eigenvalue weighted by atomic mass is 9.90. The van der Waals surface area contributed by atoms with E-state index < -0.39 is 0 Å². The normalized spacial score (nSPS) is 26.4. The fourth-order valence-corrected chi connectivity index (χ4v) is 3.70. The fourth-order valence-electron chi connectivity index (χ4n) is 3.70. The molecule has 1 aliphatic carbocycles. The molecule has 2 rings (SSSR count). The summed E-state index contributed by atoms with van der Waals surface area (Å²) in [7, 11) is 1.72. The molecule has 0 bridgehead atoms. The molecule has 1 atom stereocenters. The van der Waals surface area contributed by atoms with Gasteiger partial charge in [-0.1, -0.05) is 19.8 Å². The van der Waals surface area contributed by atoms with Crippen molar-refractivity contribution in [2.24, 2.45) is 0 Å². The molecule has 0 aromatic heterocycles. The van der Waals surface area contributed by atoms with E-state index in [1.54, 1.807) is 7.11 Å². The largest absolute Gasteiger partial charge is 0.382 e. The van der Waals surface area contributed by atoms with Crippen molar-refractivity contribution in [3.63, 3.8) is 0 Å². The van der Waals surface area contributed by atoms with Crippen LogP contribution in [0.3, 0.4) is 0 Å². The summed E-state index contributed by atoms with van der Waals surface area (Å²) in [4.78, 5) is 2.77. The monoisotopic (exact) mass is 284 g/mol. The highest BCUT2D eigenvalue weighted by Crippen LogP contribution is 2.37. The Balaban J connectivity index is 1.75. The van der Waals surface area contributed by atoms with E-state index in [-0.39, 0.29) is 0 Å². The number of nitrogens with zero attached hydrogens (tertiary/aromatic N) is 1. The number of nitrogens with one attached hydrogen (secondary N) is 1. The number of rotatable bonds is 8. The van der Waals surface area contributed by atoms with Gasteiger partial charge in [0.2, 0.25) is 0 Å².